The van der Waals surface area contributed by atoms with Crippen molar-refractivity contribution in [1.82, 2.24) is 0 Å². The van der Waals surface area contributed by atoms with Crippen molar-refractivity contribution in [3.8, 4) is 0 Å². The van der Waals surface area contributed by atoms with Gasteiger partial charge >= 0.3 is 11.9 Å². The van der Waals surface area contributed by atoms with Crippen LogP contribution in [0.15, 0.2) is 48.5 Å². The maximum Gasteiger partial charge on any atom is 0.338 e. The van der Waals surface area contributed by atoms with E-state index >= 15 is 0 Å². The third-order valence-corrected chi connectivity index (χ3v) is 3.65. The van der Waals surface area contributed by atoms with Gasteiger partial charge in [0.25, 0.3) is 5.91 Å². The van der Waals surface area contributed by atoms with Crippen LogP contribution in [0.1, 0.15) is 40.1 Å². The molecule has 0 radical (unpaired) electrons. The molecule has 2 aromatic carbocycles. The third kappa shape index (κ3) is 6.26. The molecule has 0 aromatic heterocycles. The summed E-state index contributed by atoms with van der Waals surface area (Å²) in [5.41, 5.74) is 2.10. The lowest BCUT2D eigenvalue weighted by atomic mass is 10.1. The van der Waals surface area contributed by atoms with Crippen LogP contribution in [0.5, 0.6) is 0 Å². The zero-order valence-corrected chi connectivity index (χ0v) is 15.7. The minimum Gasteiger partial charge on any atom is -0.462 e. The quantitative estimate of drug-likeness (QED) is 0.754. The zero-order chi connectivity index (χ0) is 19.8. The fraction of sp³-hybridized carbons (Fsp3) is 0.286. The fourth-order valence-corrected chi connectivity index (χ4v) is 2.22. The van der Waals surface area contributed by atoms with E-state index in [0.717, 1.165) is 5.56 Å². The summed E-state index contributed by atoms with van der Waals surface area (Å²) >= 11 is 0. The number of amides is 1. The van der Waals surface area contributed by atoms with Crippen LogP contribution in [-0.2, 0) is 14.3 Å². The highest BCUT2D eigenvalue weighted by molar-refractivity contribution is 5.96. The Morgan fingerprint density at radius 2 is 1.59 bits per heavy atom. The first kappa shape index (κ1) is 20.2. The minimum absolute atomic E-state index is 0.259. The number of esters is 2. The molecule has 0 fully saturated rings. The molecular formula is C21H23NO5. The summed E-state index contributed by atoms with van der Waals surface area (Å²) in [6.45, 7) is 5.66. The molecule has 0 aliphatic rings. The van der Waals surface area contributed by atoms with Crippen LogP contribution in [0.4, 0.5) is 5.69 Å². The van der Waals surface area contributed by atoms with Crippen LogP contribution >= 0.6 is 0 Å². The highest BCUT2D eigenvalue weighted by Gasteiger charge is 2.13. The molecule has 2 aromatic rings. The van der Waals surface area contributed by atoms with E-state index in [0.29, 0.717) is 23.4 Å². The van der Waals surface area contributed by atoms with Crippen molar-refractivity contribution in [3.63, 3.8) is 0 Å². The van der Waals surface area contributed by atoms with Gasteiger partial charge in [-0.1, -0.05) is 32.0 Å². The average molecular weight is 369 g/mol. The molecule has 1 amide bonds. The van der Waals surface area contributed by atoms with Crippen LogP contribution < -0.4 is 5.32 Å². The number of hydrogen-bond donors (Lipinski definition) is 1. The largest absolute Gasteiger partial charge is 0.462 e. The van der Waals surface area contributed by atoms with Gasteiger partial charge in [0.05, 0.1) is 17.7 Å². The average Bonchev–Trinajstić information content (AvgIpc) is 2.65. The van der Waals surface area contributed by atoms with E-state index < -0.39 is 24.5 Å². The Morgan fingerprint density at radius 1 is 0.926 bits per heavy atom. The monoisotopic (exact) mass is 369 g/mol. The molecule has 0 saturated heterocycles. The molecule has 142 valence electrons. The normalized spacial score (nSPS) is 10.4. The van der Waals surface area contributed by atoms with Crippen LogP contribution in [0.2, 0.25) is 0 Å². The number of rotatable bonds is 7. The summed E-state index contributed by atoms with van der Waals surface area (Å²) in [6.07, 6.45) is 0. The standard InChI is InChI=1S/C21H23NO5/c1-14(2)12-26-20(24)16-8-10-17(11-9-16)22-19(23)13-27-21(25)18-7-5-4-6-15(18)3/h4-11,14H,12-13H2,1-3H3,(H,22,23). The summed E-state index contributed by atoms with van der Waals surface area (Å²) in [6, 6.07) is 13.3. The lowest BCUT2D eigenvalue weighted by Gasteiger charge is -2.09. The molecule has 6 nitrogen and oxygen atoms in total. The lowest BCUT2D eigenvalue weighted by Crippen LogP contribution is -2.21. The Bertz CT molecular complexity index is 812. The summed E-state index contributed by atoms with van der Waals surface area (Å²) in [4.78, 5) is 35.8. The molecule has 0 bridgehead atoms. The van der Waals surface area contributed by atoms with Gasteiger partial charge < -0.3 is 14.8 Å². The van der Waals surface area contributed by atoms with Gasteiger partial charge in [-0.25, -0.2) is 9.59 Å². The molecule has 0 aliphatic carbocycles. The summed E-state index contributed by atoms with van der Waals surface area (Å²) < 4.78 is 10.2. The number of carbonyl (C=O) groups is 3. The number of ether oxygens (including phenoxy) is 2. The second-order valence-electron chi connectivity index (χ2n) is 6.51. The maximum atomic E-state index is 12.0. The van der Waals surface area contributed by atoms with E-state index in [9.17, 15) is 14.4 Å². The van der Waals surface area contributed by atoms with Gasteiger partial charge in [-0.2, -0.15) is 0 Å². The SMILES string of the molecule is Cc1ccccc1C(=O)OCC(=O)Nc1ccc(C(=O)OCC(C)C)cc1. The highest BCUT2D eigenvalue weighted by atomic mass is 16.5. The number of carbonyl (C=O) groups excluding carboxylic acids is 3. The summed E-state index contributed by atoms with van der Waals surface area (Å²) in [5.74, 6) is -1.16. The Morgan fingerprint density at radius 3 is 2.22 bits per heavy atom. The van der Waals surface area contributed by atoms with Gasteiger partial charge in [-0.05, 0) is 48.7 Å². The summed E-state index contributed by atoms with van der Waals surface area (Å²) in [7, 11) is 0. The van der Waals surface area contributed by atoms with Crippen molar-refractivity contribution < 1.29 is 23.9 Å². The van der Waals surface area contributed by atoms with E-state index in [1.807, 2.05) is 19.9 Å². The molecule has 0 unspecified atom stereocenters. The molecule has 27 heavy (non-hydrogen) atoms. The van der Waals surface area contributed by atoms with Crippen molar-refractivity contribution in [3.05, 3.63) is 65.2 Å². The predicted octanol–water partition coefficient (Wildman–Crippen LogP) is 3.60. The van der Waals surface area contributed by atoms with Gasteiger partial charge in [0.15, 0.2) is 6.61 Å². The number of aryl methyl sites for hydroxylation is 1. The molecule has 0 saturated carbocycles. The topological polar surface area (TPSA) is 81.7 Å². The molecule has 0 aliphatic heterocycles. The van der Waals surface area contributed by atoms with E-state index in [2.05, 4.69) is 5.32 Å². The summed E-state index contributed by atoms with van der Waals surface area (Å²) in [5, 5.41) is 2.61. The van der Waals surface area contributed by atoms with Crippen molar-refractivity contribution in [1.29, 1.82) is 0 Å². The van der Waals surface area contributed by atoms with Crippen LogP contribution in [-0.4, -0.2) is 31.1 Å². The van der Waals surface area contributed by atoms with Crippen LogP contribution in [0, 0.1) is 12.8 Å². The Labute approximate surface area is 158 Å². The van der Waals surface area contributed by atoms with Crippen LogP contribution in [0.3, 0.4) is 0 Å². The van der Waals surface area contributed by atoms with E-state index in [-0.39, 0.29) is 5.92 Å². The molecule has 6 heteroatoms. The van der Waals surface area contributed by atoms with Crippen molar-refractivity contribution >= 4 is 23.5 Å². The molecule has 1 N–H and O–H groups in total. The number of anilines is 1. The minimum atomic E-state index is -0.550. The molecule has 0 spiro atoms. The first-order chi connectivity index (χ1) is 12.9. The first-order valence-corrected chi connectivity index (χ1v) is 8.66. The predicted molar refractivity (Wildman–Crippen MR) is 102 cm³/mol. The molecule has 2 rings (SSSR count). The maximum absolute atomic E-state index is 12.0. The van der Waals surface area contributed by atoms with Gasteiger partial charge in [0.1, 0.15) is 0 Å². The molecule has 0 heterocycles. The van der Waals surface area contributed by atoms with Gasteiger partial charge in [-0.15, -0.1) is 0 Å². The van der Waals surface area contributed by atoms with Gasteiger partial charge in [-0.3, -0.25) is 4.79 Å². The van der Waals surface area contributed by atoms with E-state index in [1.54, 1.807) is 49.4 Å². The van der Waals surface area contributed by atoms with Crippen molar-refractivity contribution in [2.75, 3.05) is 18.5 Å². The Balaban J connectivity index is 1.84. The van der Waals surface area contributed by atoms with Crippen LogP contribution in [0.25, 0.3) is 0 Å². The van der Waals surface area contributed by atoms with E-state index in [4.69, 9.17) is 9.47 Å². The number of hydrogen-bond acceptors (Lipinski definition) is 5. The Hall–Kier alpha value is -3.15. The Kier molecular flexibility index (Phi) is 7.11. The number of nitrogens with one attached hydrogen (secondary N) is 1. The van der Waals surface area contributed by atoms with Crippen molar-refractivity contribution in [2.45, 2.75) is 20.8 Å². The first-order valence-electron chi connectivity index (χ1n) is 8.66. The fourth-order valence-electron chi connectivity index (χ4n) is 2.22. The smallest absolute Gasteiger partial charge is 0.338 e. The third-order valence-electron chi connectivity index (χ3n) is 3.65. The second-order valence-corrected chi connectivity index (χ2v) is 6.51. The van der Waals surface area contributed by atoms with Crippen molar-refractivity contribution in [2.24, 2.45) is 5.92 Å². The highest BCUT2D eigenvalue weighted by Crippen LogP contribution is 2.12. The van der Waals surface area contributed by atoms with E-state index in [1.165, 1.54) is 0 Å². The van der Waals surface area contributed by atoms with Gasteiger partial charge in [0, 0.05) is 5.69 Å². The molecular weight excluding hydrogens is 346 g/mol. The molecule has 0 atom stereocenters. The second kappa shape index (κ2) is 9.52. The van der Waals surface area contributed by atoms with Gasteiger partial charge in [0.2, 0.25) is 0 Å². The lowest BCUT2D eigenvalue weighted by molar-refractivity contribution is -0.119. The zero-order valence-electron chi connectivity index (χ0n) is 15.7. The number of benzene rings is 2.